The summed E-state index contributed by atoms with van der Waals surface area (Å²) in [7, 11) is 6.68. The van der Waals surface area contributed by atoms with E-state index in [1.165, 1.54) is 9.58 Å². The largest absolute Gasteiger partial charge is 0.383 e. The number of hydrogen-bond donors (Lipinski definition) is 0. The summed E-state index contributed by atoms with van der Waals surface area (Å²) >= 11 is 0. The van der Waals surface area contributed by atoms with Crippen molar-refractivity contribution in [2.75, 3.05) is 59.5 Å². The topological polar surface area (TPSA) is 123 Å². The number of carbonyl (C=O) groups excluding carboxylic acids is 1. The molecule has 0 spiro atoms. The molecule has 0 aliphatic carbocycles. The Hall–Kier alpha value is -4.03. The van der Waals surface area contributed by atoms with Gasteiger partial charge in [-0.05, 0) is 24.3 Å². The third kappa shape index (κ3) is 5.23. The van der Waals surface area contributed by atoms with Crippen LogP contribution in [0.3, 0.4) is 0 Å². The summed E-state index contributed by atoms with van der Waals surface area (Å²) < 4.78 is 11.9. The number of rotatable bonds is 10. The van der Waals surface area contributed by atoms with Crippen molar-refractivity contribution in [2.45, 2.75) is 0 Å². The van der Waals surface area contributed by atoms with Crippen molar-refractivity contribution in [3.63, 3.8) is 0 Å². The van der Waals surface area contributed by atoms with Crippen molar-refractivity contribution in [1.29, 1.82) is 0 Å². The predicted molar refractivity (Wildman–Crippen MR) is 131 cm³/mol. The Labute approximate surface area is 202 Å². The van der Waals surface area contributed by atoms with Gasteiger partial charge in [0.25, 0.3) is 5.91 Å². The molecule has 0 saturated carbocycles. The van der Waals surface area contributed by atoms with Gasteiger partial charge in [-0.1, -0.05) is 0 Å². The first-order valence-electron chi connectivity index (χ1n) is 11.0. The van der Waals surface area contributed by atoms with Crippen LogP contribution in [0.4, 0.5) is 11.4 Å². The van der Waals surface area contributed by atoms with E-state index >= 15 is 0 Å². The molecular weight excluding hydrogens is 450 g/mol. The normalized spacial score (nSPS) is 13.6. The Morgan fingerprint density at radius 1 is 1.00 bits per heavy atom. The van der Waals surface area contributed by atoms with Gasteiger partial charge >= 0.3 is 0 Å². The molecule has 3 aromatic rings. The number of methoxy groups -OCH3 is 2. The van der Waals surface area contributed by atoms with Crippen molar-refractivity contribution in [3.8, 4) is 11.5 Å². The summed E-state index contributed by atoms with van der Waals surface area (Å²) in [6.45, 7) is 2.67. The Bertz CT molecular complexity index is 1210. The van der Waals surface area contributed by atoms with Crippen molar-refractivity contribution in [2.24, 2.45) is 10.1 Å². The second-order valence-corrected chi connectivity index (χ2v) is 7.85. The maximum absolute atomic E-state index is 12.9. The van der Waals surface area contributed by atoms with Gasteiger partial charge in [0, 0.05) is 59.5 Å². The number of aromatic nitrogens is 5. The van der Waals surface area contributed by atoms with Crippen molar-refractivity contribution < 1.29 is 14.3 Å². The molecule has 1 aromatic carbocycles. The van der Waals surface area contributed by atoms with E-state index in [2.05, 4.69) is 30.2 Å². The van der Waals surface area contributed by atoms with Gasteiger partial charge in [-0.3, -0.25) is 9.78 Å². The number of carbonyl (C=O) groups is 1. The first-order chi connectivity index (χ1) is 17.0. The van der Waals surface area contributed by atoms with Crippen LogP contribution in [0.15, 0.2) is 52.9 Å². The number of fused-ring (bicyclic) bond motifs is 1. The third-order valence-electron chi connectivity index (χ3n) is 5.26. The molecule has 2 aromatic heterocycles. The molecule has 35 heavy (non-hydrogen) atoms. The van der Waals surface area contributed by atoms with Crippen LogP contribution in [-0.4, -0.2) is 102 Å². The van der Waals surface area contributed by atoms with Crippen LogP contribution in [0.1, 0.15) is 5.82 Å². The first kappa shape index (κ1) is 24.1. The van der Waals surface area contributed by atoms with Gasteiger partial charge in [0.15, 0.2) is 5.71 Å². The van der Waals surface area contributed by atoms with Crippen molar-refractivity contribution >= 4 is 28.7 Å². The Morgan fingerprint density at radius 2 is 1.69 bits per heavy atom. The fourth-order valence-corrected chi connectivity index (χ4v) is 3.45. The van der Waals surface area contributed by atoms with E-state index in [-0.39, 0.29) is 11.6 Å². The SMILES string of the molecule is COCCN(CCOC)c1ccc(N=C2C(C(=O)N(C)C)=Nn3c2nnc3-c2cnccn2)cc1. The van der Waals surface area contributed by atoms with Crippen molar-refractivity contribution in [3.05, 3.63) is 48.7 Å². The molecule has 12 heteroatoms. The molecule has 1 amide bonds. The monoisotopic (exact) mass is 477 g/mol. The van der Waals surface area contributed by atoms with E-state index in [0.29, 0.717) is 42.0 Å². The Balaban J connectivity index is 1.68. The lowest BCUT2D eigenvalue weighted by Gasteiger charge is -2.24. The molecule has 12 nitrogen and oxygen atoms in total. The number of hydrogen-bond acceptors (Lipinski definition) is 10. The minimum Gasteiger partial charge on any atom is -0.383 e. The summed E-state index contributed by atoms with van der Waals surface area (Å²) in [6.07, 6.45) is 4.69. The maximum atomic E-state index is 12.9. The average molecular weight is 478 g/mol. The van der Waals surface area contributed by atoms with Crippen LogP contribution in [0.5, 0.6) is 0 Å². The van der Waals surface area contributed by atoms with E-state index < -0.39 is 0 Å². The zero-order valence-electron chi connectivity index (χ0n) is 20.1. The molecule has 1 aliphatic heterocycles. The number of ether oxygens (including phenoxy) is 2. The van der Waals surface area contributed by atoms with Crippen LogP contribution in [0.2, 0.25) is 0 Å². The van der Waals surface area contributed by atoms with Crippen LogP contribution in [-0.2, 0) is 14.3 Å². The molecule has 1 aliphatic rings. The fourth-order valence-electron chi connectivity index (χ4n) is 3.45. The highest BCUT2D eigenvalue weighted by molar-refractivity contribution is 6.70. The lowest BCUT2D eigenvalue weighted by molar-refractivity contribution is -0.121. The number of aliphatic imine (C=N–C) groups is 1. The van der Waals surface area contributed by atoms with E-state index in [1.807, 2.05) is 24.3 Å². The summed E-state index contributed by atoms with van der Waals surface area (Å²) in [6, 6.07) is 7.71. The van der Waals surface area contributed by atoms with E-state index in [4.69, 9.17) is 14.5 Å². The van der Waals surface area contributed by atoms with E-state index in [1.54, 1.807) is 46.9 Å². The molecule has 0 bridgehead atoms. The van der Waals surface area contributed by atoms with Crippen LogP contribution in [0, 0.1) is 0 Å². The van der Waals surface area contributed by atoms with Gasteiger partial charge in [0.2, 0.25) is 11.6 Å². The van der Waals surface area contributed by atoms with Crippen LogP contribution >= 0.6 is 0 Å². The number of benzene rings is 1. The molecule has 0 N–H and O–H groups in total. The molecule has 3 heterocycles. The highest BCUT2D eigenvalue weighted by Gasteiger charge is 2.34. The second-order valence-electron chi connectivity index (χ2n) is 7.85. The summed E-state index contributed by atoms with van der Waals surface area (Å²) in [5.74, 6) is 0.452. The Morgan fingerprint density at radius 3 is 2.29 bits per heavy atom. The van der Waals surface area contributed by atoms with Crippen LogP contribution in [0.25, 0.3) is 11.5 Å². The summed E-state index contributed by atoms with van der Waals surface area (Å²) in [5, 5.41) is 12.9. The smallest absolute Gasteiger partial charge is 0.276 e. The summed E-state index contributed by atoms with van der Waals surface area (Å²) in [5.41, 5.74) is 2.68. The highest BCUT2D eigenvalue weighted by atomic mass is 16.5. The predicted octanol–water partition coefficient (Wildman–Crippen LogP) is 1.26. The van der Waals surface area contributed by atoms with Crippen LogP contribution < -0.4 is 4.90 Å². The quantitative estimate of drug-likeness (QED) is 0.428. The van der Waals surface area contributed by atoms with Gasteiger partial charge in [0.05, 0.1) is 25.1 Å². The molecule has 0 radical (unpaired) electrons. The number of anilines is 1. The van der Waals surface area contributed by atoms with Gasteiger partial charge in [-0.2, -0.15) is 9.78 Å². The maximum Gasteiger partial charge on any atom is 0.276 e. The Kier molecular flexibility index (Phi) is 7.53. The van der Waals surface area contributed by atoms with E-state index in [9.17, 15) is 4.79 Å². The standard InChI is InChI=1S/C23H27N9O3/c1-30(2)23(33)20-19(22-28-27-21(32(22)29-20)18-15-24-9-10-25-18)26-16-5-7-17(8-6-16)31(11-13-34-3)12-14-35-4/h5-10,15H,11-14H2,1-4H3. The molecule has 0 saturated heterocycles. The lowest BCUT2D eigenvalue weighted by Crippen LogP contribution is -2.34. The molecular formula is C23H27N9O3. The molecule has 4 rings (SSSR count). The fraction of sp³-hybridized carbons (Fsp3) is 0.348. The van der Waals surface area contributed by atoms with E-state index in [0.717, 1.165) is 18.8 Å². The van der Waals surface area contributed by atoms with Gasteiger partial charge in [-0.25, -0.2) is 9.98 Å². The zero-order chi connectivity index (χ0) is 24.8. The average Bonchev–Trinajstić information content (AvgIpc) is 3.45. The lowest BCUT2D eigenvalue weighted by atomic mass is 10.2. The minimum absolute atomic E-state index is 0.177. The van der Waals surface area contributed by atoms with Gasteiger partial charge in [-0.15, -0.1) is 10.2 Å². The number of nitrogens with zero attached hydrogens (tertiary/aromatic N) is 9. The molecule has 0 fully saturated rings. The summed E-state index contributed by atoms with van der Waals surface area (Å²) in [4.78, 5) is 29.6. The highest BCUT2D eigenvalue weighted by Crippen LogP contribution is 2.25. The molecule has 182 valence electrons. The zero-order valence-corrected chi connectivity index (χ0v) is 20.1. The third-order valence-corrected chi connectivity index (χ3v) is 5.26. The molecule has 0 unspecified atom stereocenters. The van der Waals surface area contributed by atoms with Gasteiger partial charge in [0.1, 0.15) is 11.4 Å². The first-order valence-corrected chi connectivity index (χ1v) is 11.0. The number of amides is 1. The minimum atomic E-state index is -0.290. The van der Waals surface area contributed by atoms with Gasteiger partial charge < -0.3 is 19.3 Å². The second kappa shape index (κ2) is 10.9. The van der Waals surface area contributed by atoms with Crippen molar-refractivity contribution in [1.82, 2.24) is 29.7 Å². The molecule has 0 atom stereocenters.